The molecule has 0 aromatic rings. The molecule has 0 aromatic carbocycles. The molecule has 3 nitrogen and oxygen atoms in total. The highest BCUT2D eigenvalue weighted by Crippen LogP contribution is 2.19. The van der Waals surface area contributed by atoms with Crippen LogP contribution in [0.1, 0.15) is 19.8 Å². The molecule has 1 unspecified atom stereocenters. The van der Waals surface area contributed by atoms with E-state index >= 15 is 0 Å². The number of sulfonamides is 1. The molecule has 14 heavy (non-hydrogen) atoms. The van der Waals surface area contributed by atoms with Gasteiger partial charge < -0.3 is 0 Å². The van der Waals surface area contributed by atoms with Crippen LogP contribution in [-0.2, 0) is 10.0 Å². The Morgan fingerprint density at radius 3 is 2.50 bits per heavy atom. The molecule has 1 atom stereocenters. The van der Waals surface area contributed by atoms with Crippen molar-refractivity contribution in [3.63, 3.8) is 0 Å². The summed E-state index contributed by atoms with van der Waals surface area (Å²) in [4.78, 5) is 0. The molecule has 0 aliphatic carbocycles. The van der Waals surface area contributed by atoms with Gasteiger partial charge in [0.25, 0.3) is 0 Å². The first kappa shape index (κ1) is 12.3. The Labute approximate surface area is 89.1 Å². The maximum atomic E-state index is 13.3. The number of hydrogen-bond donors (Lipinski definition) is 0. The Balaban J connectivity index is 2.62. The zero-order valence-corrected chi connectivity index (χ0v) is 9.91. The van der Waals surface area contributed by atoms with E-state index in [-0.39, 0.29) is 6.42 Å². The first-order valence-corrected chi connectivity index (χ1v) is 7.45. The first-order chi connectivity index (χ1) is 6.59. The van der Waals surface area contributed by atoms with Crippen LogP contribution >= 0.6 is 11.8 Å². The zero-order chi connectivity index (χ0) is 10.6. The lowest BCUT2D eigenvalue weighted by Gasteiger charge is -2.26. The summed E-state index contributed by atoms with van der Waals surface area (Å²) in [5, 5.41) is 0. The highest BCUT2D eigenvalue weighted by Gasteiger charge is 2.32. The average Bonchev–Trinajstić information content (AvgIpc) is 2.19. The van der Waals surface area contributed by atoms with Crippen LogP contribution in [0.15, 0.2) is 0 Å². The molecule has 84 valence electrons. The summed E-state index contributed by atoms with van der Waals surface area (Å²) < 4.78 is 37.8. The molecule has 0 saturated carbocycles. The number of nitrogens with zero attached hydrogens (tertiary/aromatic N) is 1. The third kappa shape index (κ3) is 2.84. The molecule has 0 N–H and O–H groups in total. The van der Waals surface area contributed by atoms with E-state index in [1.165, 1.54) is 4.31 Å². The van der Waals surface area contributed by atoms with Crippen molar-refractivity contribution < 1.29 is 12.8 Å². The lowest BCUT2D eigenvalue weighted by atomic mass is 10.4. The van der Waals surface area contributed by atoms with E-state index in [1.807, 2.05) is 0 Å². The standard InChI is InChI=1S/C8H16FNO2S2/c1-2-3-8(9)14(11,12)10-4-6-13-7-5-10/h8H,2-7H2,1H3. The summed E-state index contributed by atoms with van der Waals surface area (Å²) in [7, 11) is -3.67. The Bertz CT molecular complexity index is 263. The monoisotopic (exact) mass is 241 g/mol. The van der Waals surface area contributed by atoms with Crippen molar-refractivity contribution in [1.82, 2.24) is 4.31 Å². The highest BCUT2D eigenvalue weighted by molar-refractivity contribution is 7.99. The van der Waals surface area contributed by atoms with Crippen LogP contribution in [-0.4, -0.2) is 42.8 Å². The van der Waals surface area contributed by atoms with Gasteiger partial charge in [-0.3, -0.25) is 0 Å². The summed E-state index contributed by atoms with van der Waals surface area (Å²) in [6.45, 7) is 2.70. The van der Waals surface area contributed by atoms with Gasteiger partial charge in [0, 0.05) is 24.6 Å². The van der Waals surface area contributed by atoms with Crippen LogP contribution in [0.5, 0.6) is 0 Å². The van der Waals surface area contributed by atoms with Crippen LogP contribution in [0.25, 0.3) is 0 Å². The smallest absolute Gasteiger partial charge is 0.228 e. The van der Waals surface area contributed by atoms with Crippen molar-refractivity contribution in [1.29, 1.82) is 0 Å². The summed E-state index contributed by atoms with van der Waals surface area (Å²) in [6.07, 6.45) is 0.662. The van der Waals surface area contributed by atoms with E-state index in [2.05, 4.69) is 0 Å². The fraction of sp³-hybridized carbons (Fsp3) is 1.00. The predicted molar refractivity (Wildman–Crippen MR) is 57.6 cm³/mol. The molecule has 1 heterocycles. The normalized spacial score (nSPS) is 22.1. The fourth-order valence-electron chi connectivity index (χ4n) is 1.34. The van der Waals surface area contributed by atoms with E-state index in [9.17, 15) is 12.8 Å². The largest absolute Gasteiger partial charge is 0.246 e. The summed E-state index contributed by atoms with van der Waals surface area (Å²) >= 11 is 1.71. The molecule has 1 aliphatic heterocycles. The molecule has 1 aliphatic rings. The minimum absolute atomic E-state index is 0.103. The lowest BCUT2D eigenvalue weighted by Crippen LogP contribution is -2.42. The molecule has 0 radical (unpaired) electrons. The van der Waals surface area contributed by atoms with Gasteiger partial charge in [-0.1, -0.05) is 13.3 Å². The van der Waals surface area contributed by atoms with Crippen molar-refractivity contribution in [2.45, 2.75) is 25.3 Å². The van der Waals surface area contributed by atoms with Crippen molar-refractivity contribution >= 4 is 21.8 Å². The highest BCUT2D eigenvalue weighted by atomic mass is 32.2. The number of rotatable bonds is 4. The summed E-state index contributed by atoms with van der Waals surface area (Å²) in [5.41, 5.74) is -1.71. The SMILES string of the molecule is CCCC(F)S(=O)(=O)N1CCSCC1. The van der Waals surface area contributed by atoms with E-state index in [1.54, 1.807) is 18.7 Å². The molecular weight excluding hydrogens is 225 g/mol. The van der Waals surface area contributed by atoms with Gasteiger partial charge >= 0.3 is 0 Å². The maximum Gasteiger partial charge on any atom is 0.246 e. The minimum Gasteiger partial charge on any atom is -0.228 e. The van der Waals surface area contributed by atoms with E-state index < -0.39 is 15.5 Å². The second kappa shape index (κ2) is 5.32. The maximum absolute atomic E-state index is 13.3. The fourth-order valence-corrected chi connectivity index (χ4v) is 4.02. The van der Waals surface area contributed by atoms with Gasteiger partial charge in [-0.2, -0.15) is 16.1 Å². The topological polar surface area (TPSA) is 37.4 Å². The second-order valence-corrected chi connectivity index (χ2v) is 6.54. The second-order valence-electron chi connectivity index (χ2n) is 3.26. The molecule has 0 spiro atoms. The van der Waals surface area contributed by atoms with Crippen molar-refractivity contribution in [2.75, 3.05) is 24.6 Å². The van der Waals surface area contributed by atoms with E-state index in [0.29, 0.717) is 19.5 Å². The average molecular weight is 241 g/mol. The number of alkyl halides is 1. The number of halogens is 1. The van der Waals surface area contributed by atoms with Gasteiger partial charge in [0.05, 0.1) is 0 Å². The van der Waals surface area contributed by atoms with E-state index in [0.717, 1.165) is 11.5 Å². The van der Waals surface area contributed by atoms with Crippen LogP contribution in [0.3, 0.4) is 0 Å². The van der Waals surface area contributed by atoms with Gasteiger partial charge in [-0.25, -0.2) is 12.8 Å². The summed E-state index contributed by atoms with van der Waals surface area (Å²) in [5.74, 6) is 1.55. The van der Waals surface area contributed by atoms with Crippen LogP contribution in [0.4, 0.5) is 4.39 Å². The molecule has 6 heteroatoms. The van der Waals surface area contributed by atoms with Crippen molar-refractivity contribution in [2.24, 2.45) is 0 Å². The number of thioether (sulfide) groups is 1. The van der Waals surface area contributed by atoms with Gasteiger partial charge in [-0.15, -0.1) is 0 Å². The zero-order valence-electron chi connectivity index (χ0n) is 8.28. The van der Waals surface area contributed by atoms with Gasteiger partial charge in [0.1, 0.15) is 0 Å². The third-order valence-electron chi connectivity index (χ3n) is 2.17. The Hall–Kier alpha value is 0.190. The van der Waals surface area contributed by atoms with E-state index in [4.69, 9.17) is 0 Å². The minimum atomic E-state index is -3.67. The molecule has 1 saturated heterocycles. The summed E-state index contributed by atoms with van der Waals surface area (Å²) in [6, 6.07) is 0. The third-order valence-corrected chi connectivity index (χ3v) is 5.08. The quantitative estimate of drug-likeness (QED) is 0.748. The number of hydrogen-bond acceptors (Lipinski definition) is 3. The van der Waals surface area contributed by atoms with Crippen molar-refractivity contribution in [3.8, 4) is 0 Å². The van der Waals surface area contributed by atoms with Crippen LogP contribution in [0, 0.1) is 0 Å². The van der Waals surface area contributed by atoms with Crippen LogP contribution in [0.2, 0.25) is 0 Å². The molecule has 0 aromatic heterocycles. The molecule has 1 fully saturated rings. The van der Waals surface area contributed by atoms with Gasteiger partial charge in [-0.05, 0) is 6.42 Å². The first-order valence-electron chi connectivity index (χ1n) is 4.79. The Morgan fingerprint density at radius 1 is 1.43 bits per heavy atom. The predicted octanol–water partition coefficient (Wildman–Crippen LogP) is 1.46. The van der Waals surface area contributed by atoms with Gasteiger partial charge in [0.2, 0.25) is 15.5 Å². The van der Waals surface area contributed by atoms with Crippen LogP contribution < -0.4 is 0 Å². The molecule has 0 bridgehead atoms. The molecule has 1 rings (SSSR count). The molecular formula is C8H16FNO2S2. The van der Waals surface area contributed by atoms with Crippen molar-refractivity contribution in [3.05, 3.63) is 0 Å². The molecule has 0 amide bonds. The Morgan fingerprint density at radius 2 is 2.00 bits per heavy atom. The Kier molecular flexibility index (Phi) is 4.66. The lowest BCUT2D eigenvalue weighted by molar-refractivity contribution is 0.354. The van der Waals surface area contributed by atoms with Gasteiger partial charge in [0.15, 0.2) is 0 Å².